The smallest absolute Gasteiger partial charge is 0.176 e. The van der Waals surface area contributed by atoms with Gasteiger partial charge in [-0.05, 0) is 17.2 Å². The Hall–Kier alpha value is -3.27. The molecule has 0 radical (unpaired) electrons. The molecule has 0 atom stereocenters. The predicted molar refractivity (Wildman–Crippen MR) is 104 cm³/mol. The maximum absolute atomic E-state index is 15.2. The summed E-state index contributed by atoms with van der Waals surface area (Å²) in [5.74, 6) is -1.05. The first-order valence-corrected chi connectivity index (χ1v) is 8.78. The Morgan fingerprint density at radius 1 is 0.704 bits per heavy atom. The van der Waals surface area contributed by atoms with Gasteiger partial charge in [-0.1, -0.05) is 72.8 Å². The Kier molecular flexibility index (Phi) is 4.79. The van der Waals surface area contributed by atoms with Crippen molar-refractivity contribution in [2.24, 2.45) is 0 Å². The zero-order chi connectivity index (χ0) is 18.6. The number of rotatable bonds is 5. The molecule has 0 unspecified atom stereocenters. The Labute approximate surface area is 156 Å². The van der Waals surface area contributed by atoms with Crippen LogP contribution in [0.25, 0.3) is 10.8 Å². The zero-order valence-electron chi connectivity index (χ0n) is 14.6. The first-order valence-electron chi connectivity index (χ1n) is 8.78. The molecule has 1 heterocycles. The second-order valence-electron chi connectivity index (χ2n) is 6.43. The van der Waals surface area contributed by atoms with Crippen LogP contribution in [-0.4, -0.2) is 4.98 Å². The number of fused-ring (bicyclic) bond motifs is 1. The summed E-state index contributed by atoms with van der Waals surface area (Å²) in [4.78, 5) is 6.16. The van der Waals surface area contributed by atoms with Crippen LogP contribution in [0.5, 0.6) is 0 Å². The van der Waals surface area contributed by atoms with Crippen molar-refractivity contribution in [3.8, 4) is 0 Å². The molecular weight excluding hydrogens is 342 g/mol. The molecule has 0 saturated heterocycles. The van der Waals surface area contributed by atoms with E-state index in [1.807, 2.05) is 65.6 Å². The van der Waals surface area contributed by atoms with E-state index in [0.29, 0.717) is 18.5 Å². The molecule has 0 aliphatic carbocycles. The molecule has 4 rings (SSSR count). The van der Waals surface area contributed by atoms with Crippen LogP contribution < -0.4 is 4.90 Å². The number of hydrogen-bond acceptors (Lipinski definition) is 2. The van der Waals surface area contributed by atoms with E-state index in [-0.39, 0.29) is 11.2 Å². The van der Waals surface area contributed by atoms with Gasteiger partial charge in [0.05, 0.1) is 5.39 Å². The molecule has 2 nitrogen and oxygen atoms in total. The van der Waals surface area contributed by atoms with Gasteiger partial charge < -0.3 is 4.90 Å². The van der Waals surface area contributed by atoms with Crippen LogP contribution in [0.15, 0.2) is 85.1 Å². The molecule has 0 amide bonds. The lowest BCUT2D eigenvalue weighted by Crippen LogP contribution is -2.24. The van der Waals surface area contributed by atoms with Gasteiger partial charge in [-0.15, -0.1) is 0 Å². The number of pyridine rings is 1. The van der Waals surface area contributed by atoms with Gasteiger partial charge in [-0.25, -0.2) is 13.8 Å². The van der Waals surface area contributed by atoms with E-state index in [4.69, 9.17) is 0 Å². The minimum atomic E-state index is -0.627. The highest BCUT2D eigenvalue weighted by atomic mass is 19.1. The van der Waals surface area contributed by atoms with E-state index in [1.54, 1.807) is 12.1 Å². The molecule has 4 heteroatoms. The maximum atomic E-state index is 15.2. The third-order valence-corrected chi connectivity index (χ3v) is 4.52. The molecule has 0 saturated carbocycles. The molecule has 4 aromatic rings. The fourth-order valence-corrected chi connectivity index (χ4v) is 3.21. The van der Waals surface area contributed by atoms with Crippen LogP contribution in [0.3, 0.4) is 0 Å². The van der Waals surface area contributed by atoms with E-state index in [1.165, 1.54) is 12.3 Å². The third kappa shape index (κ3) is 3.65. The average Bonchev–Trinajstić information content (AvgIpc) is 2.69. The Balaban J connectivity index is 1.79. The highest BCUT2D eigenvalue weighted by molar-refractivity contribution is 5.85. The normalized spacial score (nSPS) is 10.9. The summed E-state index contributed by atoms with van der Waals surface area (Å²) < 4.78 is 29.5. The van der Waals surface area contributed by atoms with Gasteiger partial charge in [0.15, 0.2) is 11.6 Å². The highest BCUT2D eigenvalue weighted by Gasteiger charge is 2.19. The van der Waals surface area contributed by atoms with Gasteiger partial charge in [-0.3, -0.25) is 0 Å². The summed E-state index contributed by atoms with van der Waals surface area (Å²) in [6.45, 7) is 0.944. The SMILES string of the molecule is Fc1cccc2cnc(N(Cc3ccccc3)Cc3ccccc3)c(F)c12. The Morgan fingerprint density at radius 2 is 1.30 bits per heavy atom. The van der Waals surface area contributed by atoms with Crippen molar-refractivity contribution < 1.29 is 8.78 Å². The number of benzene rings is 3. The van der Waals surface area contributed by atoms with Gasteiger partial charge in [0.25, 0.3) is 0 Å². The van der Waals surface area contributed by atoms with Gasteiger partial charge in [0.1, 0.15) is 5.82 Å². The van der Waals surface area contributed by atoms with Crippen molar-refractivity contribution in [2.45, 2.75) is 13.1 Å². The fourth-order valence-electron chi connectivity index (χ4n) is 3.21. The lowest BCUT2D eigenvalue weighted by Gasteiger charge is -2.25. The van der Waals surface area contributed by atoms with Crippen molar-refractivity contribution in [3.05, 3.63) is 108 Å². The Morgan fingerprint density at radius 3 is 1.89 bits per heavy atom. The van der Waals surface area contributed by atoms with Crippen molar-refractivity contribution in [3.63, 3.8) is 0 Å². The van der Waals surface area contributed by atoms with Gasteiger partial charge in [0, 0.05) is 24.7 Å². The van der Waals surface area contributed by atoms with E-state index >= 15 is 4.39 Å². The molecule has 0 bridgehead atoms. The summed E-state index contributed by atoms with van der Waals surface area (Å²) in [7, 11) is 0. The summed E-state index contributed by atoms with van der Waals surface area (Å²) in [5.41, 5.74) is 2.06. The number of halogens is 2. The standard InChI is InChI=1S/C23H18F2N2/c24-20-13-7-12-19-14-26-23(22(25)21(19)20)27(15-17-8-3-1-4-9-17)16-18-10-5-2-6-11-18/h1-14H,15-16H2. The largest absolute Gasteiger partial charge is 0.346 e. The van der Waals surface area contributed by atoms with Gasteiger partial charge in [-0.2, -0.15) is 0 Å². The molecule has 0 spiro atoms. The molecule has 1 aromatic heterocycles. The van der Waals surface area contributed by atoms with Crippen molar-refractivity contribution in [2.75, 3.05) is 4.90 Å². The molecule has 0 N–H and O–H groups in total. The van der Waals surface area contributed by atoms with E-state index in [0.717, 1.165) is 11.1 Å². The van der Waals surface area contributed by atoms with Gasteiger partial charge in [0.2, 0.25) is 0 Å². The number of anilines is 1. The maximum Gasteiger partial charge on any atom is 0.176 e. The number of nitrogens with zero attached hydrogens (tertiary/aromatic N) is 2. The topological polar surface area (TPSA) is 16.1 Å². The molecule has 27 heavy (non-hydrogen) atoms. The van der Waals surface area contributed by atoms with E-state index < -0.39 is 11.6 Å². The van der Waals surface area contributed by atoms with Gasteiger partial charge >= 0.3 is 0 Å². The summed E-state index contributed by atoms with van der Waals surface area (Å²) in [6, 6.07) is 24.1. The second kappa shape index (κ2) is 7.54. The average molecular weight is 360 g/mol. The fraction of sp³-hybridized carbons (Fsp3) is 0.0870. The monoisotopic (exact) mass is 360 g/mol. The Bertz CT molecular complexity index is 1010. The molecule has 0 fully saturated rings. The minimum absolute atomic E-state index is 0.0198. The second-order valence-corrected chi connectivity index (χ2v) is 6.43. The van der Waals surface area contributed by atoms with Crippen molar-refractivity contribution in [1.29, 1.82) is 0 Å². The molecule has 3 aromatic carbocycles. The summed E-state index contributed by atoms with van der Waals surface area (Å²) in [6.07, 6.45) is 1.53. The number of hydrogen-bond donors (Lipinski definition) is 0. The molecular formula is C23H18F2N2. The third-order valence-electron chi connectivity index (χ3n) is 4.52. The molecule has 0 aliphatic heterocycles. The minimum Gasteiger partial charge on any atom is -0.346 e. The van der Waals surface area contributed by atoms with Crippen LogP contribution >= 0.6 is 0 Å². The lowest BCUT2D eigenvalue weighted by atomic mass is 10.1. The highest BCUT2D eigenvalue weighted by Crippen LogP contribution is 2.29. The zero-order valence-corrected chi connectivity index (χ0v) is 14.6. The van der Waals surface area contributed by atoms with Crippen LogP contribution in [0.1, 0.15) is 11.1 Å². The molecule has 0 aliphatic rings. The van der Waals surface area contributed by atoms with E-state index in [2.05, 4.69) is 4.98 Å². The lowest BCUT2D eigenvalue weighted by molar-refractivity contribution is 0.596. The first kappa shape index (κ1) is 17.2. The predicted octanol–water partition coefficient (Wildman–Crippen LogP) is 5.72. The first-order chi connectivity index (χ1) is 13.2. The van der Waals surface area contributed by atoms with Crippen LogP contribution in [0.4, 0.5) is 14.6 Å². The molecule has 134 valence electrons. The quantitative estimate of drug-likeness (QED) is 0.452. The summed E-state index contributed by atoms with van der Waals surface area (Å²) >= 11 is 0. The van der Waals surface area contributed by atoms with Crippen molar-refractivity contribution >= 4 is 16.6 Å². The number of aromatic nitrogens is 1. The summed E-state index contributed by atoms with van der Waals surface area (Å²) in [5, 5.41) is 0.434. The van der Waals surface area contributed by atoms with Crippen LogP contribution in [0, 0.1) is 11.6 Å². The van der Waals surface area contributed by atoms with Crippen LogP contribution in [-0.2, 0) is 13.1 Å². The van der Waals surface area contributed by atoms with E-state index in [9.17, 15) is 4.39 Å². The van der Waals surface area contributed by atoms with Crippen LogP contribution in [0.2, 0.25) is 0 Å². The van der Waals surface area contributed by atoms with Crippen molar-refractivity contribution in [1.82, 2.24) is 4.98 Å².